The Labute approximate surface area is 210 Å². The summed E-state index contributed by atoms with van der Waals surface area (Å²) in [4.78, 5) is 32.2. The van der Waals surface area contributed by atoms with Gasteiger partial charge in [0, 0.05) is 48.4 Å². The minimum absolute atomic E-state index is 0.0621. The van der Waals surface area contributed by atoms with Crippen molar-refractivity contribution in [2.75, 3.05) is 20.3 Å². The third-order valence-electron chi connectivity index (χ3n) is 5.34. The summed E-state index contributed by atoms with van der Waals surface area (Å²) in [7, 11) is 1.61. The lowest BCUT2D eigenvalue weighted by Crippen LogP contribution is -2.34. The second kappa shape index (κ2) is 11.8. The van der Waals surface area contributed by atoms with Gasteiger partial charge in [-0.2, -0.15) is 0 Å². The number of hydroxylamine groups is 2. The normalized spacial score (nSPS) is 17.6. The van der Waals surface area contributed by atoms with Crippen molar-refractivity contribution in [3.05, 3.63) is 57.6 Å². The average molecular weight is 507 g/mol. The molecule has 34 heavy (non-hydrogen) atoms. The summed E-state index contributed by atoms with van der Waals surface area (Å²) in [5.74, 6) is 0.969. The lowest BCUT2D eigenvalue weighted by Gasteiger charge is -2.27. The SMILES string of the molecule is COc1ccc(OCCCN(OC(C)=O)C(C)C)c(C2SC3=C(C=CC(Cl)=CC3)N2C(C)=O)c1. The lowest BCUT2D eigenvalue weighted by atomic mass is 10.1. The van der Waals surface area contributed by atoms with Gasteiger partial charge in [-0.15, -0.1) is 5.06 Å². The number of amides is 1. The summed E-state index contributed by atoms with van der Waals surface area (Å²) in [5.41, 5.74) is 1.72. The first kappa shape index (κ1) is 26.2. The van der Waals surface area contributed by atoms with E-state index in [0.717, 1.165) is 16.2 Å². The summed E-state index contributed by atoms with van der Waals surface area (Å²) >= 11 is 7.80. The molecular weight excluding hydrogens is 476 g/mol. The molecule has 1 unspecified atom stereocenters. The Bertz CT molecular complexity index is 1020. The second-order valence-electron chi connectivity index (χ2n) is 8.22. The first-order valence-electron chi connectivity index (χ1n) is 11.2. The molecule has 1 aromatic carbocycles. The maximum atomic E-state index is 12.7. The summed E-state index contributed by atoms with van der Waals surface area (Å²) < 4.78 is 11.6. The quantitative estimate of drug-likeness (QED) is 0.321. The van der Waals surface area contributed by atoms with Crippen molar-refractivity contribution in [3.63, 3.8) is 0 Å². The van der Waals surface area contributed by atoms with Gasteiger partial charge >= 0.3 is 5.97 Å². The molecule has 0 aromatic heterocycles. The van der Waals surface area contributed by atoms with Gasteiger partial charge in [-0.25, -0.2) is 0 Å². The van der Waals surface area contributed by atoms with Crippen molar-refractivity contribution in [2.45, 2.75) is 52.0 Å². The first-order valence-corrected chi connectivity index (χ1v) is 12.5. The molecule has 184 valence electrons. The molecule has 0 bridgehead atoms. The molecule has 1 amide bonds. The first-order chi connectivity index (χ1) is 16.2. The number of nitrogens with zero attached hydrogens (tertiary/aromatic N) is 2. The number of benzene rings is 1. The molecule has 2 aliphatic rings. The summed E-state index contributed by atoms with van der Waals surface area (Å²) in [5, 5.41) is 2.03. The monoisotopic (exact) mass is 506 g/mol. The Morgan fingerprint density at radius 3 is 2.68 bits per heavy atom. The maximum Gasteiger partial charge on any atom is 0.322 e. The van der Waals surface area contributed by atoms with Crippen LogP contribution in [0, 0.1) is 0 Å². The van der Waals surface area contributed by atoms with Crippen molar-refractivity contribution in [1.82, 2.24) is 9.96 Å². The van der Waals surface area contributed by atoms with Crippen LogP contribution in [0.1, 0.15) is 51.5 Å². The van der Waals surface area contributed by atoms with Crippen molar-refractivity contribution in [1.29, 1.82) is 0 Å². The van der Waals surface area contributed by atoms with E-state index in [2.05, 4.69) is 0 Å². The van der Waals surface area contributed by atoms with Crippen LogP contribution in [-0.4, -0.2) is 48.1 Å². The average Bonchev–Trinajstić information content (AvgIpc) is 3.06. The summed E-state index contributed by atoms with van der Waals surface area (Å²) in [6.45, 7) is 7.86. The standard InChI is InChI=1S/C25H31ClN2O5S/c1-16(2)27(33-18(4)30)13-6-14-32-23-11-9-20(31-5)15-21(23)25-28(17(3)29)22-10-7-19(26)8-12-24(22)34-25/h7-11,15-16,25H,6,12-14H2,1-5H3. The number of carbonyl (C=O) groups is 2. The molecule has 3 rings (SSSR count). The zero-order chi connectivity index (χ0) is 24.8. The highest BCUT2D eigenvalue weighted by Crippen LogP contribution is 2.52. The summed E-state index contributed by atoms with van der Waals surface area (Å²) in [6, 6.07) is 5.70. The van der Waals surface area contributed by atoms with Crippen LogP contribution in [0.4, 0.5) is 0 Å². The Kier molecular flexibility index (Phi) is 9.10. The van der Waals surface area contributed by atoms with Crippen molar-refractivity contribution in [2.24, 2.45) is 0 Å². The van der Waals surface area contributed by atoms with Gasteiger partial charge < -0.3 is 14.3 Å². The number of thioether (sulfide) groups is 1. The van der Waals surface area contributed by atoms with Crippen LogP contribution >= 0.6 is 23.4 Å². The van der Waals surface area contributed by atoms with E-state index in [0.29, 0.717) is 42.5 Å². The topological polar surface area (TPSA) is 68.3 Å². The lowest BCUT2D eigenvalue weighted by molar-refractivity contribution is -0.197. The van der Waals surface area contributed by atoms with Gasteiger partial charge in [-0.05, 0) is 50.6 Å². The van der Waals surface area contributed by atoms with E-state index in [9.17, 15) is 9.59 Å². The Balaban J connectivity index is 1.79. The predicted octanol–water partition coefficient (Wildman–Crippen LogP) is 5.54. The van der Waals surface area contributed by atoms with Crippen LogP contribution < -0.4 is 9.47 Å². The van der Waals surface area contributed by atoms with Crippen LogP contribution in [0.5, 0.6) is 11.5 Å². The van der Waals surface area contributed by atoms with Crippen molar-refractivity contribution < 1.29 is 23.9 Å². The largest absolute Gasteiger partial charge is 0.497 e. The van der Waals surface area contributed by atoms with Crippen molar-refractivity contribution >= 4 is 35.2 Å². The van der Waals surface area contributed by atoms with Gasteiger partial charge in [0.2, 0.25) is 5.91 Å². The highest BCUT2D eigenvalue weighted by atomic mass is 35.5. The fourth-order valence-corrected chi connectivity index (χ4v) is 5.30. The molecule has 1 aliphatic heterocycles. The van der Waals surface area contributed by atoms with E-state index in [1.165, 1.54) is 6.92 Å². The molecule has 7 nitrogen and oxygen atoms in total. The number of halogens is 1. The molecule has 0 radical (unpaired) electrons. The molecule has 0 saturated heterocycles. The van der Waals surface area contributed by atoms with Gasteiger partial charge in [0.25, 0.3) is 0 Å². The Morgan fingerprint density at radius 1 is 1.26 bits per heavy atom. The van der Waals surface area contributed by atoms with Crippen LogP contribution in [0.25, 0.3) is 0 Å². The van der Waals surface area contributed by atoms with E-state index in [4.69, 9.17) is 25.9 Å². The molecule has 1 aliphatic carbocycles. The molecular formula is C25H31ClN2O5S. The van der Waals surface area contributed by atoms with Gasteiger partial charge in [0.05, 0.1) is 19.4 Å². The Hall–Kier alpha value is -2.42. The predicted molar refractivity (Wildman–Crippen MR) is 134 cm³/mol. The van der Waals surface area contributed by atoms with E-state index >= 15 is 0 Å². The number of methoxy groups -OCH3 is 1. The number of carbonyl (C=O) groups excluding carboxylic acids is 2. The molecule has 9 heteroatoms. The van der Waals surface area contributed by atoms with Crippen molar-refractivity contribution in [3.8, 4) is 11.5 Å². The minimum atomic E-state index is -0.341. The van der Waals surface area contributed by atoms with Gasteiger partial charge in [0.15, 0.2) is 0 Å². The molecule has 0 fully saturated rings. The number of allylic oxidation sites excluding steroid dienone is 5. The zero-order valence-electron chi connectivity index (χ0n) is 20.2. The van der Waals surface area contributed by atoms with E-state index in [-0.39, 0.29) is 23.3 Å². The van der Waals surface area contributed by atoms with Crippen LogP contribution in [0.15, 0.2) is 52.1 Å². The minimum Gasteiger partial charge on any atom is -0.497 e. The number of hydrogen-bond acceptors (Lipinski definition) is 7. The third kappa shape index (κ3) is 6.37. The fraction of sp³-hybridized carbons (Fsp3) is 0.440. The zero-order valence-corrected chi connectivity index (χ0v) is 21.7. The van der Waals surface area contributed by atoms with Crippen LogP contribution in [0.2, 0.25) is 0 Å². The molecule has 0 spiro atoms. The number of ether oxygens (including phenoxy) is 2. The molecule has 1 aromatic rings. The third-order valence-corrected chi connectivity index (χ3v) is 6.97. The molecule has 1 heterocycles. The van der Waals surface area contributed by atoms with E-state index in [1.807, 2.05) is 50.3 Å². The van der Waals surface area contributed by atoms with Crippen LogP contribution in [-0.2, 0) is 14.4 Å². The smallest absolute Gasteiger partial charge is 0.322 e. The molecule has 0 saturated carbocycles. The van der Waals surface area contributed by atoms with E-state index in [1.54, 1.807) is 35.8 Å². The maximum absolute atomic E-state index is 12.7. The highest BCUT2D eigenvalue weighted by molar-refractivity contribution is 8.03. The molecule has 1 atom stereocenters. The second-order valence-corrected chi connectivity index (χ2v) is 9.83. The van der Waals surface area contributed by atoms with E-state index < -0.39 is 0 Å². The highest BCUT2D eigenvalue weighted by Gasteiger charge is 2.37. The van der Waals surface area contributed by atoms with Gasteiger partial charge in [-0.3, -0.25) is 14.5 Å². The number of rotatable bonds is 9. The number of hydrogen-bond donors (Lipinski definition) is 0. The van der Waals surface area contributed by atoms with Crippen LogP contribution in [0.3, 0.4) is 0 Å². The van der Waals surface area contributed by atoms with Gasteiger partial charge in [-0.1, -0.05) is 29.4 Å². The fourth-order valence-electron chi connectivity index (χ4n) is 3.74. The molecule has 0 N–H and O–H groups in total. The van der Waals surface area contributed by atoms with Gasteiger partial charge in [0.1, 0.15) is 16.9 Å². The Morgan fingerprint density at radius 2 is 2.03 bits per heavy atom. The summed E-state index contributed by atoms with van der Waals surface area (Å²) in [6.07, 6.45) is 6.97.